The molecule has 0 radical (unpaired) electrons. The van der Waals surface area contributed by atoms with Gasteiger partial charge in [0.2, 0.25) is 0 Å². The topological polar surface area (TPSA) is 45.4 Å². The number of aliphatic hydroxyl groups is 1. The second-order valence-corrected chi connectivity index (χ2v) is 5.09. The second kappa shape index (κ2) is 3.50. The number of benzene rings is 2. The fraction of sp³-hybridized carbons (Fsp3) is 0.200. The summed E-state index contributed by atoms with van der Waals surface area (Å²) in [4.78, 5) is 0. The monoisotopic (exact) mass is 241 g/mol. The smallest absolute Gasteiger partial charge is 0.0939 e. The molecule has 3 nitrogen and oxygen atoms in total. The minimum absolute atomic E-state index is 0.672. The molecule has 3 aromatic rings. The van der Waals surface area contributed by atoms with E-state index in [4.69, 9.17) is 0 Å². The van der Waals surface area contributed by atoms with Crippen molar-refractivity contribution in [3.63, 3.8) is 0 Å². The Morgan fingerprint density at radius 3 is 2.33 bits per heavy atom. The van der Waals surface area contributed by atoms with Crippen molar-refractivity contribution in [3.8, 4) is 0 Å². The van der Waals surface area contributed by atoms with Crippen molar-refractivity contribution in [1.82, 2.24) is 4.73 Å². The number of fused-ring (bicyclic) bond motifs is 3. The summed E-state index contributed by atoms with van der Waals surface area (Å²) in [6, 6.07) is 13.4. The zero-order valence-electron chi connectivity index (χ0n) is 10.4. The highest BCUT2D eigenvalue weighted by atomic mass is 16.5. The summed E-state index contributed by atoms with van der Waals surface area (Å²) in [6.07, 6.45) is 0. The number of hydrogen-bond donors (Lipinski definition) is 2. The van der Waals surface area contributed by atoms with E-state index in [1.165, 1.54) is 0 Å². The quantitative estimate of drug-likeness (QED) is 0.642. The Morgan fingerprint density at radius 2 is 1.61 bits per heavy atom. The highest BCUT2D eigenvalue weighted by molar-refractivity contribution is 6.08. The van der Waals surface area contributed by atoms with Gasteiger partial charge in [0.25, 0.3) is 0 Å². The summed E-state index contributed by atoms with van der Waals surface area (Å²) in [7, 11) is 0. The summed E-state index contributed by atoms with van der Waals surface area (Å²) in [5, 5.41) is 22.5. The molecule has 0 bridgehead atoms. The van der Waals surface area contributed by atoms with E-state index in [-0.39, 0.29) is 0 Å². The van der Waals surface area contributed by atoms with Crippen molar-refractivity contribution in [2.45, 2.75) is 19.4 Å². The Balaban J connectivity index is 2.56. The van der Waals surface area contributed by atoms with Gasteiger partial charge in [0.15, 0.2) is 0 Å². The Hall–Kier alpha value is -2.00. The van der Waals surface area contributed by atoms with Gasteiger partial charge in [-0.05, 0) is 19.9 Å². The van der Waals surface area contributed by atoms with Crippen LogP contribution in [0.4, 0.5) is 0 Å². The first kappa shape index (κ1) is 11.1. The average molecular weight is 241 g/mol. The van der Waals surface area contributed by atoms with Gasteiger partial charge in [-0.1, -0.05) is 36.4 Å². The number of rotatable bonds is 1. The molecule has 0 aliphatic heterocycles. The van der Waals surface area contributed by atoms with E-state index in [0.29, 0.717) is 5.52 Å². The van der Waals surface area contributed by atoms with Crippen molar-refractivity contribution in [1.29, 1.82) is 0 Å². The van der Waals surface area contributed by atoms with Crippen molar-refractivity contribution in [2.24, 2.45) is 0 Å². The van der Waals surface area contributed by atoms with Gasteiger partial charge < -0.3 is 10.3 Å². The number of nitrogens with zero attached hydrogens (tertiary/aromatic N) is 1. The molecule has 0 aliphatic rings. The summed E-state index contributed by atoms with van der Waals surface area (Å²) in [5.41, 5.74) is 1.16. The molecule has 0 unspecified atom stereocenters. The lowest BCUT2D eigenvalue weighted by Gasteiger charge is -2.19. The molecular formula is C15H15NO2. The third kappa shape index (κ3) is 1.41. The Kier molecular flexibility index (Phi) is 2.16. The SMILES string of the molecule is CC(C)(O)c1cccc2c3ccccc3n(O)c12. The molecule has 0 atom stereocenters. The lowest BCUT2D eigenvalue weighted by Crippen LogP contribution is -2.16. The third-order valence-electron chi connectivity index (χ3n) is 3.33. The van der Waals surface area contributed by atoms with Crippen LogP contribution >= 0.6 is 0 Å². The van der Waals surface area contributed by atoms with Gasteiger partial charge in [0.05, 0.1) is 16.6 Å². The summed E-state index contributed by atoms with van der Waals surface area (Å²) < 4.78 is 1.16. The number of aromatic nitrogens is 1. The number of hydrogen-bond acceptors (Lipinski definition) is 2. The van der Waals surface area contributed by atoms with Crippen LogP contribution in [0.15, 0.2) is 42.5 Å². The molecule has 3 heteroatoms. The third-order valence-corrected chi connectivity index (χ3v) is 3.33. The molecular weight excluding hydrogens is 226 g/mol. The predicted octanol–water partition coefficient (Wildman–Crippen LogP) is 3.26. The number of para-hydroxylation sites is 2. The van der Waals surface area contributed by atoms with E-state index >= 15 is 0 Å². The molecule has 0 amide bonds. The van der Waals surface area contributed by atoms with Gasteiger partial charge in [-0.3, -0.25) is 0 Å². The lowest BCUT2D eigenvalue weighted by atomic mass is 9.96. The Bertz CT molecular complexity index is 735. The molecule has 0 aliphatic carbocycles. The molecule has 2 N–H and O–H groups in total. The molecule has 0 saturated heterocycles. The summed E-state index contributed by atoms with van der Waals surface area (Å²) >= 11 is 0. The van der Waals surface area contributed by atoms with Crippen LogP contribution in [-0.4, -0.2) is 15.0 Å². The van der Waals surface area contributed by atoms with Gasteiger partial charge >= 0.3 is 0 Å². The van der Waals surface area contributed by atoms with Crippen molar-refractivity contribution >= 4 is 21.8 Å². The highest BCUT2D eigenvalue weighted by Crippen LogP contribution is 2.34. The van der Waals surface area contributed by atoms with E-state index in [1.807, 2.05) is 42.5 Å². The van der Waals surface area contributed by atoms with E-state index in [1.54, 1.807) is 13.8 Å². The molecule has 18 heavy (non-hydrogen) atoms. The van der Waals surface area contributed by atoms with Gasteiger partial charge in [-0.2, -0.15) is 4.73 Å². The Labute approximate surface area is 105 Å². The van der Waals surface area contributed by atoms with Crippen LogP contribution in [0, 0.1) is 0 Å². The average Bonchev–Trinajstić information content (AvgIpc) is 2.63. The van der Waals surface area contributed by atoms with Crippen LogP contribution in [0.2, 0.25) is 0 Å². The van der Waals surface area contributed by atoms with Crippen molar-refractivity contribution < 1.29 is 10.3 Å². The van der Waals surface area contributed by atoms with Gasteiger partial charge in [-0.15, -0.1) is 0 Å². The Morgan fingerprint density at radius 1 is 0.944 bits per heavy atom. The molecule has 0 saturated carbocycles. The maximum atomic E-state index is 10.3. The summed E-state index contributed by atoms with van der Waals surface area (Å²) in [5.74, 6) is 0. The van der Waals surface area contributed by atoms with Gasteiger partial charge in [0.1, 0.15) is 0 Å². The first-order chi connectivity index (χ1) is 8.50. The molecule has 0 fully saturated rings. The maximum absolute atomic E-state index is 10.3. The van der Waals surface area contributed by atoms with E-state index < -0.39 is 5.60 Å². The van der Waals surface area contributed by atoms with Gasteiger partial charge in [0, 0.05) is 16.3 Å². The van der Waals surface area contributed by atoms with Crippen LogP contribution in [-0.2, 0) is 5.60 Å². The lowest BCUT2D eigenvalue weighted by molar-refractivity contribution is 0.0785. The van der Waals surface area contributed by atoms with Crippen molar-refractivity contribution in [3.05, 3.63) is 48.0 Å². The van der Waals surface area contributed by atoms with Crippen LogP contribution in [0.1, 0.15) is 19.4 Å². The minimum atomic E-state index is -0.992. The van der Waals surface area contributed by atoms with E-state index in [0.717, 1.165) is 26.6 Å². The fourth-order valence-electron chi connectivity index (χ4n) is 2.49. The fourth-order valence-corrected chi connectivity index (χ4v) is 2.49. The molecule has 2 aromatic carbocycles. The molecule has 92 valence electrons. The van der Waals surface area contributed by atoms with Crippen LogP contribution in [0.5, 0.6) is 0 Å². The molecule has 1 heterocycles. The van der Waals surface area contributed by atoms with Crippen LogP contribution in [0.25, 0.3) is 21.8 Å². The predicted molar refractivity (Wildman–Crippen MR) is 71.9 cm³/mol. The largest absolute Gasteiger partial charge is 0.428 e. The first-order valence-corrected chi connectivity index (χ1v) is 5.94. The van der Waals surface area contributed by atoms with Crippen LogP contribution in [0.3, 0.4) is 0 Å². The van der Waals surface area contributed by atoms with Crippen LogP contribution < -0.4 is 0 Å². The first-order valence-electron chi connectivity index (χ1n) is 5.94. The zero-order valence-corrected chi connectivity index (χ0v) is 10.4. The summed E-state index contributed by atoms with van der Waals surface area (Å²) in [6.45, 7) is 3.44. The van der Waals surface area contributed by atoms with Gasteiger partial charge in [-0.25, -0.2) is 0 Å². The van der Waals surface area contributed by atoms with E-state index in [2.05, 4.69) is 0 Å². The zero-order chi connectivity index (χ0) is 12.9. The molecule has 0 spiro atoms. The standard InChI is InChI=1S/C15H15NO2/c1-15(2,17)12-8-5-7-11-10-6-3-4-9-13(10)16(18)14(11)12/h3-9,17-18H,1-2H3. The van der Waals surface area contributed by atoms with Crippen molar-refractivity contribution in [2.75, 3.05) is 0 Å². The molecule has 1 aromatic heterocycles. The van der Waals surface area contributed by atoms with E-state index in [9.17, 15) is 10.3 Å². The minimum Gasteiger partial charge on any atom is -0.428 e. The highest BCUT2D eigenvalue weighted by Gasteiger charge is 2.22. The second-order valence-electron chi connectivity index (χ2n) is 5.09. The maximum Gasteiger partial charge on any atom is 0.0939 e. The normalized spacial score (nSPS) is 12.4. The molecule has 3 rings (SSSR count).